The summed E-state index contributed by atoms with van der Waals surface area (Å²) in [6.45, 7) is 5.31. The standard InChI is InChI=1S/C24H29NO7.C12H23N/c1-24(2,3)32-23(29)25-20(16-30-14-18-7-5-4-6-8-18)22(28)31-15-19-11-9-17(10-12-19)13-21(26)27;1-3-7-11(8-4-1)13-12-9-5-2-6-10-12/h4-12,20H,13-16H2,1-3H3,(H,25,29)(H,26,27);11-13H,1-10H2/t20-;/m0./s1. The Kier molecular flexibility index (Phi) is 15.4. The zero-order chi connectivity index (χ0) is 32.5. The van der Waals surface area contributed by atoms with E-state index >= 15 is 0 Å². The van der Waals surface area contributed by atoms with E-state index < -0.39 is 29.7 Å². The Morgan fingerprint density at radius 1 is 0.778 bits per heavy atom. The molecule has 2 aromatic carbocycles. The molecular weight excluding hydrogens is 572 g/mol. The van der Waals surface area contributed by atoms with Gasteiger partial charge in [0.2, 0.25) is 0 Å². The SMILES string of the molecule is C1CCC(NC2CCCCC2)CC1.CC(C)(C)OC(=O)N[C@@H](COCc1ccccc1)C(=O)OCc1ccc(CC(=O)O)cc1. The van der Waals surface area contributed by atoms with Crippen LogP contribution in [0.15, 0.2) is 54.6 Å². The molecule has 45 heavy (non-hydrogen) atoms. The molecule has 9 heteroatoms. The van der Waals surface area contributed by atoms with Crippen molar-refractivity contribution in [3.8, 4) is 0 Å². The normalized spacial score (nSPS) is 16.5. The molecule has 248 valence electrons. The van der Waals surface area contributed by atoms with Gasteiger partial charge >= 0.3 is 18.0 Å². The fourth-order valence-electron chi connectivity index (χ4n) is 5.54. The number of carboxylic acids is 1. The van der Waals surface area contributed by atoms with Crippen LogP contribution < -0.4 is 10.6 Å². The molecule has 0 spiro atoms. The van der Waals surface area contributed by atoms with Gasteiger partial charge in [-0.05, 0) is 63.1 Å². The van der Waals surface area contributed by atoms with Crippen LogP contribution in [-0.4, -0.2) is 53.5 Å². The summed E-state index contributed by atoms with van der Waals surface area (Å²) in [6.07, 6.45) is 13.7. The van der Waals surface area contributed by atoms with Crippen LogP contribution in [0.4, 0.5) is 4.79 Å². The molecule has 0 bridgehead atoms. The lowest BCUT2D eigenvalue weighted by atomic mass is 9.91. The number of esters is 1. The van der Waals surface area contributed by atoms with Gasteiger partial charge in [-0.25, -0.2) is 9.59 Å². The van der Waals surface area contributed by atoms with Crippen LogP contribution in [0.2, 0.25) is 0 Å². The highest BCUT2D eigenvalue weighted by Gasteiger charge is 2.26. The Bertz CT molecular complexity index is 1140. The third kappa shape index (κ3) is 15.4. The molecule has 9 nitrogen and oxygen atoms in total. The number of aliphatic carboxylic acids is 1. The summed E-state index contributed by atoms with van der Waals surface area (Å²) >= 11 is 0. The first kappa shape index (κ1) is 36.0. The van der Waals surface area contributed by atoms with Crippen molar-refractivity contribution in [2.75, 3.05) is 6.61 Å². The highest BCUT2D eigenvalue weighted by molar-refractivity contribution is 5.81. The molecule has 0 unspecified atom stereocenters. The molecule has 1 amide bonds. The van der Waals surface area contributed by atoms with Crippen LogP contribution in [0.1, 0.15) is 102 Å². The number of carboxylic acid groups (broad SMARTS) is 1. The van der Waals surface area contributed by atoms with Crippen molar-refractivity contribution in [2.45, 2.75) is 128 Å². The average Bonchev–Trinajstić information content (AvgIpc) is 3.01. The molecule has 0 saturated heterocycles. The molecule has 2 aromatic rings. The topological polar surface area (TPSA) is 123 Å². The van der Waals surface area contributed by atoms with Gasteiger partial charge in [0.1, 0.15) is 12.2 Å². The van der Waals surface area contributed by atoms with Crippen LogP contribution in [0, 0.1) is 0 Å². The van der Waals surface area contributed by atoms with E-state index in [1.807, 2.05) is 30.3 Å². The van der Waals surface area contributed by atoms with Gasteiger partial charge in [-0.2, -0.15) is 0 Å². The van der Waals surface area contributed by atoms with E-state index in [2.05, 4.69) is 10.6 Å². The molecule has 1 atom stereocenters. The van der Waals surface area contributed by atoms with Gasteiger partial charge in [0.05, 0.1) is 19.6 Å². The fourth-order valence-corrected chi connectivity index (χ4v) is 5.54. The molecular formula is C36H52N2O7. The summed E-state index contributed by atoms with van der Waals surface area (Å²) in [5, 5.41) is 15.2. The van der Waals surface area contributed by atoms with E-state index in [1.54, 1.807) is 45.0 Å². The van der Waals surface area contributed by atoms with Crippen molar-refractivity contribution >= 4 is 18.0 Å². The van der Waals surface area contributed by atoms with Gasteiger partial charge < -0.3 is 30.0 Å². The van der Waals surface area contributed by atoms with Gasteiger partial charge in [-0.3, -0.25) is 4.79 Å². The maximum Gasteiger partial charge on any atom is 0.408 e. The lowest BCUT2D eigenvalue weighted by Gasteiger charge is -2.30. The summed E-state index contributed by atoms with van der Waals surface area (Å²) in [5.41, 5.74) is 1.54. The number of ether oxygens (including phenoxy) is 3. The van der Waals surface area contributed by atoms with Crippen molar-refractivity contribution < 1.29 is 33.7 Å². The van der Waals surface area contributed by atoms with Crippen molar-refractivity contribution in [2.24, 2.45) is 0 Å². The number of hydrogen-bond donors (Lipinski definition) is 3. The van der Waals surface area contributed by atoms with Gasteiger partial charge in [-0.1, -0.05) is 93.1 Å². The van der Waals surface area contributed by atoms with Crippen LogP contribution in [-0.2, 0) is 43.4 Å². The Labute approximate surface area is 268 Å². The van der Waals surface area contributed by atoms with Gasteiger partial charge in [0, 0.05) is 12.1 Å². The summed E-state index contributed by atoms with van der Waals surface area (Å²) in [6, 6.07) is 16.8. The van der Waals surface area contributed by atoms with E-state index in [0.717, 1.165) is 17.6 Å². The number of benzene rings is 2. The third-order valence-corrected chi connectivity index (χ3v) is 7.81. The quantitative estimate of drug-likeness (QED) is 0.223. The Hall–Kier alpha value is -3.43. The summed E-state index contributed by atoms with van der Waals surface area (Å²) in [4.78, 5) is 35.6. The lowest BCUT2D eigenvalue weighted by molar-refractivity contribution is -0.149. The predicted octanol–water partition coefficient (Wildman–Crippen LogP) is 6.71. The second kappa shape index (κ2) is 19.2. The second-order valence-corrected chi connectivity index (χ2v) is 13.0. The molecule has 0 heterocycles. The number of rotatable bonds is 12. The minimum Gasteiger partial charge on any atom is -0.481 e. The summed E-state index contributed by atoms with van der Waals surface area (Å²) < 4.78 is 16.2. The van der Waals surface area contributed by atoms with Crippen molar-refractivity contribution in [3.63, 3.8) is 0 Å². The number of alkyl carbamates (subject to hydrolysis) is 1. The number of hydrogen-bond acceptors (Lipinski definition) is 7. The zero-order valence-electron chi connectivity index (χ0n) is 27.2. The molecule has 0 aromatic heterocycles. The maximum atomic E-state index is 12.6. The van der Waals surface area contributed by atoms with Gasteiger partial charge in [0.15, 0.2) is 6.04 Å². The highest BCUT2D eigenvalue weighted by Crippen LogP contribution is 2.22. The molecule has 2 aliphatic carbocycles. The summed E-state index contributed by atoms with van der Waals surface area (Å²) in [5.74, 6) is -1.59. The highest BCUT2D eigenvalue weighted by atomic mass is 16.6. The van der Waals surface area contributed by atoms with Crippen LogP contribution in [0.25, 0.3) is 0 Å². The van der Waals surface area contributed by atoms with E-state index in [1.165, 1.54) is 64.2 Å². The minimum atomic E-state index is -1.06. The number of amides is 1. The first-order valence-corrected chi connectivity index (χ1v) is 16.4. The first-order valence-electron chi connectivity index (χ1n) is 16.4. The van der Waals surface area contributed by atoms with Crippen molar-refractivity contribution in [1.82, 2.24) is 10.6 Å². The van der Waals surface area contributed by atoms with Crippen molar-refractivity contribution in [3.05, 3.63) is 71.3 Å². The Morgan fingerprint density at radius 3 is 1.84 bits per heavy atom. The van der Waals surface area contributed by atoms with E-state index in [0.29, 0.717) is 11.1 Å². The first-order chi connectivity index (χ1) is 21.6. The van der Waals surface area contributed by atoms with E-state index in [-0.39, 0.29) is 26.2 Å². The van der Waals surface area contributed by atoms with Crippen LogP contribution >= 0.6 is 0 Å². The zero-order valence-corrected chi connectivity index (χ0v) is 27.2. The molecule has 4 rings (SSSR count). The van der Waals surface area contributed by atoms with E-state index in [4.69, 9.17) is 19.3 Å². The molecule has 2 saturated carbocycles. The maximum absolute atomic E-state index is 12.6. The molecule has 3 N–H and O–H groups in total. The number of nitrogens with one attached hydrogen (secondary N) is 2. The lowest BCUT2D eigenvalue weighted by Crippen LogP contribution is -2.46. The Balaban J connectivity index is 0.000000350. The monoisotopic (exact) mass is 624 g/mol. The molecule has 2 fully saturated rings. The third-order valence-electron chi connectivity index (χ3n) is 7.81. The number of carbonyl (C=O) groups is 3. The van der Waals surface area contributed by atoms with Crippen LogP contribution in [0.3, 0.4) is 0 Å². The molecule has 0 aliphatic heterocycles. The molecule has 2 aliphatic rings. The number of carbonyl (C=O) groups excluding carboxylic acids is 2. The van der Waals surface area contributed by atoms with Gasteiger partial charge in [-0.15, -0.1) is 0 Å². The molecule has 0 radical (unpaired) electrons. The second-order valence-electron chi connectivity index (χ2n) is 13.0. The minimum absolute atomic E-state index is 0.0304. The van der Waals surface area contributed by atoms with Crippen LogP contribution in [0.5, 0.6) is 0 Å². The van der Waals surface area contributed by atoms with Gasteiger partial charge in [0.25, 0.3) is 0 Å². The van der Waals surface area contributed by atoms with E-state index in [9.17, 15) is 14.4 Å². The average molecular weight is 625 g/mol. The Morgan fingerprint density at radius 2 is 1.31 bits per heavy atom. The smallest absolute Gasteiger partial charge is 0.408 e. The largest absolute Gasteiger partial charge is 0.481 e. The predicted molar refractivity (Wildman–Crippen MR) is 174 cm³/mol. The fraction of sp³-hybridized carbons (Fsp3) is 0.583. The van der Waals surface area contributed by atoms with Crippen molar-refractivity contribution in [1.29, 1.82) is 0 Å². The summed E-state index contributed by atoms with van der Waals surface area (Å²) in [7, 11) is 0.